The minimum absolute atomic E-state index is 0.284. The lowest BCUT2D eigenvalue weighted by Crippen LogP contribution is -2.35. The number of fused-ring (bicyclic) bond motifs is 1. The molecule has 0 saturated heterocycles. The summed E-state index contributed by atoms with van der Waals surface area (Å²) in [6, 6.07) is 27.1. The predicted octanol–water partition coefficient (Wildman–Crippen LogP) is 5.71. The summed E-state index contributed by atoms with van der Waals surface area (Å²) in [5.74, 6) is -0.580. The number of para-hydroxylation sites is 1. The largest absolute Gasteiger partial charge is 0.337 e. The van der Waals surface area contributed by atoms with Gasteiger partial charge in [0, 0.05) is 22.5 Å². The molecule has 0 aliphatic carbocycles. The van der Waals surface area contributed by atoms with E-state index in [0.29, 0.717) is 23.5 Å². The number of imide groups is 1. The summed E-state index contributed by atoms with van der Waals surface area (Å²) in [6.45, 7) is 2.56. The Bertz CT molecular complexity index is 1300. The van der Waals surface area contributed by atoms with E-state index < -0.39 is 0 Å². The quantitative estimate of drug-likeness (QED) is 0.385. The Morgan fingerprint density at radius 3 is 2.29 bits per heavy atom. The van der Waals surface area contributed by atoms with Gasteiger partial charge in [0.25, 0.3) is 11.8 Å². The van der Waals surface area contributed by atoms with Crippen LogP contribution >= 0.6 is 11.3 Å². The number of nitrogens with zero attached hydrogens (tertiary/aromatic N) is 2. The zero-order chi connectivity index (χ0) is 21.4. The monoisotopic (exact) mass is 424 g/mol. The molecule has 31 heavy (non-hydrogen) atoms. The van der Waals surface area contributed by atoms with Gasteiger partial charge in [-0.25, -0.2) is 4.90 Å². The first-order valence-electron chi connectivity index (χ1n) is 10.2. The lowest BCUT2D eigenvalue weighted by molar-refractivity contribution is -0.120. The Kier molecular flexibility index (Phi) is 4.88. The Balaban J connectivity index is 1.71. The molecule has 3 aromatic carbocycles. The molecule has 1 aliphatic rings. The number of amides is 2. The van der Waals surface area contributed by atoms with E-state index in [1.54, 1.807) is 0 Å². The third-order valence-electron chi connectivity index (χ3n) is 5.49. The molecule has 0 atom stereocenters. The number of benzene rings is 3. The van der Waals surface area contributed by atoms with E-state index in [0.717, 1.165) is 21.3 Å². The van der Waals surface area contributed by atoms with Gasteiger partial charge in [-0.3, -0.25) is 9.59 Å². The second-order valence-corrected chi connectivity index (χ2v) is 8.17. The van der Waals surface area contributed by atoms with Gasteiger partial charge in [0.15, 0.2) is 0 Å². The fourth-order valence-electron chi connectivity index (χ4n) is 4.11. The van der Waals surface area contributed by atoms with E-state index in [9.17, 15) is 9.59 Å². The molecule has 1 aliphatic heterocycles. The van der Waals surface area contributed by atoms with Gasteiger partial charge >= 0.3 is 0 Å². The van der Waals surface area contributed by atoms with E-state index in [1.807, 2.05) is 102 Å². The number of carbonyl (C=O) groups is 2. The minimum Gasteiger partial charge on any atom is -0.337 e. The maximum atomic E-state index is 13.8. The second-order valence-electron chi connectivity index (χ2n) is 7.22. The molecular formula is C26H20N2O2S. The summed E-state index contributed by atoms with van der Waals surface area (Å²) in [4.78, 5) is 31.7. The number of carbonyl (C=O) groups excluding carboxylic acids is 2. The molecule has 5 rings (SSSR count). The normalized spacial score (nSPS) is 14.0. The predicted molar refractivity (Wildman–Crippen MR) is 127 cm³/mol. The van der Waals surface area contributed by atoms with Crippen LogP contribution in [0.2, 0.25) is 0 Å². The van der Waals surface area contributed by atoms with Gasteiger partial charge < -0.3 is 4.90 Å². The van der Waals surface area contributed by atoms with Crippen molar-refractivity contribution in [2.24, 2.45) is 0 Å². The van der Waals surface area contributed by atoms with Crippen molar-refractivity contribution in [1.29, 1.82) is 0 Å². The van der Waals surface area contributed by atoms with E-state index in [1.165, 1.54) is 16.2 Å². The maximum Gasteiger partial charge on any atom is 0.282 e. The summed E-state index contributed by atoms with van der Waals surface area (Å²) in [6.07, 6.45) is 0. The first-order valence-corrected chi connectivity index (χ1v) is 11.1. The van der Waals surface area contributed by atoms with E-state index in [2.05, 4.69) is 0 Å². The van der Waals surface area contributed by atoms with Gasteiger partial charge in [0.1, 0.15) is 5.70 Å². The van der Waals surface area contributed by atoms with Gasteiger partial charge in [-0.05, 0) is 42.0 Å². The lowest BCUT2D eigenvalue weighted by atomic mass is 10.1. The Hall–Kier alpha value is -3.70. The van der Waals surface area contributed by atoms with Crippen molar-refractivity contribution in [2.45, 2.75) is 6.92 Å². The van der Waals surface area contributed by atoms with Crippen LogP contribution in [0.1, 0.15) is 11.8 Å². The van der Waals surface area contributed by atoms with Crippen LogP contribution in [-0.4, -0.2) is 18.4 Å². The fraction of sp³-hybridized carbons (Fsp3) is 0.0769. The SMILES string of the molecule is CCN(C1=C(c2cccs2)C(=O)N(c2cccc3ccccc23)C1=O)c1ccccc1. The van der Waals surface area contributed by atoms with E-state index in [-0.39, 0.29) is 11.8 Å². The van der Waals surface area contributed by atoms with Crippen LogP contribution in [0.5, 0.6) is 0 Å². The summed E-state index contributed by atoms with van der Waals surface area (Å²) in [5.41, 5.74) is 2.38. The summed E-state index contributed by atoms with van der Waals surface area (Å²) >= 11 is 1.47. The number of rotatable bonds is 5. The van der Waals surface area contributed by atoms with Crippen molar-refractivity contribution in [3.8, 4) is 0 Å². The van der Waals surface area contributed by atoms with Crippen LogP contribution in [0.3, 0.4) is 0 Å². The Morgan fingerprint density at radius 1 is 0.806 bits per heavy atom. The van der Waals surface area contributed by atoms with Crippen molar-refractivity contribution in [2.75, 3.05) is 16.3 Å². The molecule has 4 aromatic rings. The molecule has 0 unspecified atom stereocenters. The van der Waals surface area contributed by atoms with Crippen LogP contribution in [0.15, 0.2) is 96.0 Å². The first-order chi connectivity index (χ1) is 15.2. The molecule has 2 heterocycles. The van der Waals surface area contributed by atoms with Crippen LogP contribution in [0, 0.1) is 0 Å². The van der Waals surface area contributed by atoms with Crippen LogP contribution < -0.4 is 9.80 Å². The average Bonchev–Trinajstić information content (AvgIpc) is 3.42. The minimum atomic E-state index is -0.296. The highest BCUT2D eigenvalue weighted by Gasteiger charge is 2.43. The van der Waals surface area contributed by atoms with Gasteiger partial charge in [-0.2, -0.15) is 0 Å². The molecule has 0 fully saturated rings. The highest BCUT2D eigenvalue weighted by atomic mass is 32.1. The van der Waals surface area contributed by atoms with E-state index in [4.69, 9.17) is 0 Å². The van der Waals surface area contributed by atoms with Crippen LogP contribution in [0.25, 0.3) is 16.3 Å². The fourth-order valence-corrected chi connectivity index (χ4v) is 4.87. The molecule has 0 spiro atoms. The van der Waals surface area contributed by atoms with Crippen molar-refractivity contribution in [3.63, 3.8) is 0 Å². The summed E-state index contributed by atoms with van der Waals surface area (Å²) < 4.78 is 0. The highest BCUT2D eigenvalue weighted by Crippen LogP contribution is 2.40. The molecule has 1 aromatic heterocycles. The number of hydrogen-bond donors (Lipinski definition) is 0. The number of thiophene rings is 1. The molecule has 0 bridgehead atoms. The molecule has 2 amide bonds. The Labute approximate surface area is 184 Å². The van der Waals surface area contributed by atoms with E-state index >= 15 is 0 Å². The number of hydrogen-bond acceptors (Lipinski definition) is 4. The number of anilines is 2. The standard InChI is InChI=1S/C26H20N2O2S/c1-2-27(19-12-4-3-5-13-19)24-23(22-16-9-17-31-22)25(29)28(26(24)30)21-15-8-11-18-10-6-7-14-20(18)21/h3-17H,2H2,1H3. The summed E-state index contributed by atoms with van der Waals surface area (Å²) in [5, 5.41) is 3.79. The van der Waals surface area contributed by atoms with Crippen molar-refractivity contribution in [1.82, 2.24) is 0 Å². The molecule has 0 N–H and O–H groups in total. The third-order valence-corrected chi connectivity index (χ3v) is 6.38. The smallest absolute Gasteiger partial charge is 0.282 e. The number of likely N-dealkylation sites (N-methyl/N-ethyl adjacent to an activating group) is 1. The first kappa shape index (κ1) is 19.3. The van der Waals surface area contributed by atoms with Gasteiger partial charge in [0.05, 0.1) is 11.3 Å². The maximum absolute atomic E-state index is 13.8. The molecule has 0 saturated carbocycles. The Morgan fingerprint density at radius 2 is 1.55 bits per heavy atom. The van der Waals surface area contributed by atoms with Crippen molar-refractivity contribution < 1.29 is 9.59 Å². The molecule has 5 heteroatoms. The third kappa shape index (κ3) is 3.14. The van der Waals surface area contributed by atoms with Gasteiger partial charge in [-0.1, -0.05) is 60.7 Å². The topological polar surface area (TPSA) is 40.6 Å². The lowest BCUT2D eigenvalue weighted by Gasteiger charge is -2.25. The molecule has 152 valence electrons. The van der Waals surface area contributed by atoms with Crippen molar-refractivity contribution in [3.05, 3.63) is 101 Å². The van der Waals surface area contributed by atoms with Crippen molar-refractivity contribution >= 4 is 50.9 Å². The zero-order valence-corrected chi connectivity index (χ0v) is 17.8. The second kappa shape index (κ2) is 7.85. The summed E-state index contributed by atoms with van der Waals surface area (Å²) in [7, 11) is 0. The van der Waals surface area contributed by atoms with Crippen LogP contribution in [-0.2, 0) is 9.59 Å². The van der Waals surface area contributed by atoms with Crippen LogP contribution in [0.4, 0.5) is 11.4 Å². The molecular weight excluding hydrogens is 404 g/mol. The molecule has 4 nitrogen and oxygen atoms in total. The van der Waals surface area contributed by atoms with Gasteiger partial charge in [-0.15, -0.1) is 11.3 Å². The average molecular weight is 425 g/mol. The zero-order valence-electron chi connectivity index (χ0n) is 17.0. The molecule has 0 radical (unpaired) electrons. The highest BCUT2D eigenvalue weighted by molar-refractivity contribution is 7.11. The van der Waals surface area contributed by atoms with Gasteiger partial charge in [0.2, 0.25) is 0 Å².